The summed E-state index contributed by atoms with van der Waals surface area (Å²) >= 11 is -1.01. The van der Waals surface area contributed by atoms with Crippen molar-refractivity contribution in [2.45, 2.75) is 4.90 Å². The Kier molecular flexibility index (Phi) is 3.16. The Labute approximate surface area is 79.8 Å². The lowest BCUT2D eigenvalue weighted by Gasteiger charge is -2.07. The minimum Gasteiger partial charge on any atom is -0.612 e. The monoisotopic (exact) mass is 197 g/mol. The van der Waals surface area contributed by atoms with Crippen LogP contribution >= 0.6 is 0 Å². The fourth-order valence-corrected chi connectivity index (χ4v) is 1.47. The summed E-state index contributed by atoms with van der Waals surface area (Å²) in [4.78, 5) is 0.714. The van der Waals surface area contributed by atoms with E-state index in [9.17, 15) is 4.55 Å². The zero-order valence-electron chi connectivity index (χ0n) is 7.20. The number of hydrogen-bond acceptors (Lipinski definition) is 2. The first-order valence-corrected chi connectivity index (χ1v) is 5.20. The highest BCUT2D eigenvalue weighted by Gasteiger charge is 2.04. The van der Waals surface area contributed by atoms with E-state index in [1.54, 1.807) is 30.5 Å². The minimum atomic E-state index is -1.01. The second-order valence-electron chi connectivity index (χ2n) is 2.52. The summed E-state index contributed by atoms with van der Waals surface area (Å²) in [5, 5.41) is 9.63. The van der Waals surface area contributed by atoms with E-state index in [-0.39, 0.29) is 5.96 Å². The summed E-state index contributed by atoms with van der Waals surface area (Å²) in [6.07, 6.45) is 1.60. The molecule has 1 atom stereocenters. The predicted molar refractivity (Wildman–Crippen MR) is 54.3 cm³/mol. The lowest BCUT2D eigenvalue weighted by molar-refractivity contribution is 0.601. The average Bonchev–Trinajstić information content (AvgIpc) is 2.03. The third-order valence-corrected chi connectivity index (χ3v) is 2.36. The first-order chi connectivity index (χ1) is 6.09. The Bertz CT molecular complexity index is 314. The van der Waals surface area contributed by atoms with Crippen LogP contribution in [0.3, 0.4) is 0 Å². The number of guanidine groups is 1. The standard InChI is InChI=1S/C8H11N3OS/c1-13(12)7-4-2-3-6(5-7)11-8(9)10/h2-5H,1H3,(H4,9,10,11)/t13-/m1/s1. The van der Waals surface area contributed by atoms with Crippen LogP contribution in [0, 0.1) is 5.41 Å². The number of benzene rings is 1. The smallest absolute Gasteiger partial charge is 0.190 e. The van der Waals surface area contributed by atoms with Crippen LogP contribution in [-0.4, -0.2) is 16.8 Å². The van der Waals surface area contributed by atoms with Gasteiger partial charge < -0.3 is 15.6 Å². The zero-order valence-corrected chi connectivity index (χ0v) is 8.02. The molecule has 0 heterocycles. The molecule has 0 aliphatic rings. The highest BCUT2D eigenvalue weighted by molar-refractivity contribution is 7.90. The van der Waals surface area contributed by atoms with Crippen molar-refractivity contribution in [2.24, 2.45) is 5.73 Å². The van der Waals surface area contributed by atoms with Crippen molar-refractivity contribution in [2.75, 3.05) is 11.6 Å². The summed E-state index contributed by atoms with van der Waals surface area (Å²) < 4.78 is 11.1. The molecule has 0 aliphatic heterocycles. The Morgan fingerprint density at radius 3 is 2.85 bits per heavy atom. The molecular weight excluding hydrogens is 186 g/mol. The third kappa shape index (κ3) is 2.96. The van der Waals surface area contributed by atoms with Crippen LogP contribution in [0.25, 0.3) is 0 Å². The van der Waals surface area contributed by atoms with E-state index < -0.39 is 11.2 Å². The first kappa shape index (κ1) is 9.88. The molecule has 1 aromatic rings. The molecule has 1 rings (SSSR count). The van der Waals surface area contributed by atoms with E-state index in [1.807, 2.05) is 0 Å². The van der Waals surface area contributed by atoms with Gasteiger partial charge in [0.2, 0.25) is 0 Å². The van der Waals surface area contributed by atoms with Gasteiger partial charge in [0.15, 0.2) is 10.9 Å². The van der Waals surface area contributed by atoms with Crippen LogP contribution in [0.2, 0.25) is 0 Å². The second-order valence-corrected chi connectivity index (χ2v) is 3.90. The first-order valence-electron chi connectivity index (χ1n) is 3.64. The molecule has 0 radical (unpaired) electrons. The van der Waals surface area contributed by atoms with Crippen molar-refractivity contribution in [3.8, 4) is 0 Å². The molecule has 13 heavy (non-hydrogen) atoms. The number of nitrogens with two attached hydrogens (primary N) is 1. The van der Waals surface area contributed by atoms with Gasteiger partial charge >= 0.3 is 0 Å². The molecule has 0 saturated heterocycles. The van der Waals surface area contributed by atoms with E-state index in [0.717, 1.165) is 0 Å². The predicted octanol–water partition coefficient (Wildman–Crippen LogP) is 0.729. The Hall–Kier alpha value is -1.20. The van der Waals surface area contributed by atoms with Crippen molar-refractivity contribution in [3.05, 3.63) is 24.3 Å². The van der Waals surface area contributed by atoms with Gasteiger partial charge in [0.1, 0.15) is 6.26 Å². The average molecular weight is 197 g/mol. The second kappa shape index (κ2) is 4.15. The van der Waals surface area contributed by atoms with Gasteiger partial charge in [-0.1, -0.05) is 6.07 Å². The molecule has 5 heteroatoms. The largest absolute Gasteiger partial charge is 0.612 e. The van der Waals surface area contributed by atoms with Gasteiger partial charge in [-0.2, -0.15) is 0 Å². The molecule has 1 aromatic carbocycles. The van der Waals surface area contributed by atoms with Gasteiger partial charge in [-0.3, -0.25) is 5.41 Å². The molecule has 70 valence electrons. The zero-order chi connectivity index (χ0) is 9.84. The molecular formula is C8H11N3OS. The molecule has 0 fully saturated rings. The van der Waals surface area contributed by atoms with Crippen molar-refractivity contribution in [1.82, 2.24) is 0 Å². The van der Waals surface area contributed by atoms with E-state index in [1.165, 1.54) is 0 Å². The summed E-state index contributed by atoms with van der Waals surface area (Å²) in [5.74, 6) is -0.126. The molecule has 0 spiro atoms. The van der Waals surface area contributed by atoms with E-state index >= 15 is 0 Å². The van der Waals surface area contributed by atoms with Gasteiger partial charge in [0.25, 0.3) is 0 Å². The van der Waals surface area contributed by atoms with E-state index in [0.29, 0.717) is 10.6 Å². The van der Waals surface area contributed by atoms with Gasteiger partial charge in [0.05, 0.1) is 0 Å². The molecule has 0 saturated carbocycles. The number of rotatable bonds is 2. The van der Waals surface area contributed by atoms with Gasteiger partial charge in [0, 0.05) is 11.8 Å². The maximum absolute atomic E-state index is 11.1. The summed E-state index contributed by atoms with van der Waals surface area (Å²) in [6.45, 7) is 0. The SMILES string of the molecule is C[S@@+]([O-])c1cccc(NC(=N)N)c1. The highest BCUT2D eigenvalue weighted by atomic mass is 32.2. The third-order valence-electron chi connectivity index (χ3n) is 1.44. The fourth-order valence-electron chi connectivity index (χ4n) is 0.908. The van der Waals surface area contributed by atoms with Crippen molar-refractivity contribution >= 4 is 22.8 Å². The summed E-state index contributed by atoms with van der Waals surface area (Å²) in [7, 11) is 0. The molecule has 0 aliphatic carbocycles. The van der Waals surface area contributed by atoms with Crippen LogP contribution in [-0.2, 0) is 11.2 Å². The molecule has 0 aromatic heterocycles. The summed E-state index contributed by atoms with van der Waals surface area (Å²) in [6, 6.07) is 7.00. The van der Waals surface area contributed by atoms with Gasteiger partial charge in [-0.25, -0.2) is 0 Å². The molecule has 0 unspecified atom stereocenters. The molecule has 4 nitrogen and oxygen atoms in total. The molecule has 0 bridgehead atoms. The lowest BCUT2D eigenvalue weighted by Crippen LogP contribution is -2.20. The Balaban J connectivity index is 2.85. The van der Waals surface area contributed by atoms with E-state index in [4.69, 9.17) is 11.1 Å². The fraction of sp³-hybridized carbons (Fsp3) is 0.125. The number of nitrogens with one attached hydrogen (secondary N) is 2. The van der Waals surface area contributed by atoms with Crippen LogP contribution in [0.1, 0.15) is 0 Å². The maximum atomic E-state index is 11.1. The normalized spacial score (nSPS) is 12.2. The maximum Gasteiger partial charge on any atom is 0.190 e. The van der Waals surface area contributed by atoms with Crippen LogP contribution in [0.15, 0.2) is 29.2 Å². The van der Waals surface area contributed by atoms with Crippen LogP contribution in [0.5, 0.6) is 0 Å². The molecule has 4 N–H and O–H groups in total. The van der Waals surface area contributed by atoms with Gasteiger partial charge in [-0.15, -0.1) is 0 Å². The summed E-state index contributed by atoms with van der Waals surface area (Å²) in [5.41, 5.74) is 5.83. The Morgan fingerprint density at radius 2 is 2.31 bits per heavy atom. The van der Waals surface area contributed by atoms with Crippen LogP contribution < -0.4 is 11.1 Å². The quantitative estimate of drug-likeness (QED) is 0.371. The topological polar surface area (TPSA) is 85.0 Å². The molecule has 0 amide bonds. The van der Waals surface area contributed by atoms with Crippen molar-refractivity contribution in [3.63, 3.8) is 0 Å². The van der Waals surface area contributed by atoms with Crippen LogP contribution in [0.4, 0.5) is 5.69 Å². The number of hydrogen-bond donors (Lipinski definition) is 3. The van der Waals surface area contributed by atoms with Gasteiger partial charge in [-0.05, 0) is 23.3 Å². The minimum absolute atomic E-state index is 0.126. The van der Waals surface area contributed by atoms with E-state index in [2.05, 4.69) is 5.32 Å². The van der Waals surface area contributed by atoms with Crippen molar-refractivity contribution < 1.29 is 4.55 Å². The number of anilines is 1. The highest BCUT2D eigenvalue weighted by Crippen LogP contribution is 2.14. The Morgan fingerprint density at radius 1 is 1.62 bits per heavy atom. The lowest BCUT2D eigenvalue weighted by atomic mass is 10.3. The van der Waals surface area contributed by atoms with Crippen molar-refractivity contribution in [1.29, 1.82) is 5.41 Å².